The fourth-order valence-electron chi connectivity index (χ4n) is 1.24. The fourth-order valence-corrected chi connectivity index (χ4v) is 1.24. The highest BCUT2D eigenvalue weighted by Gasteiger charge is 2.01. The van der Waals surface area contributed by atoms with E-state index in [1.165, 1.54) is 0 Å². The van der Waals surface area contributed by atoms with Crippen LogP contribution in [0, 0.1) is 6.92 Å². The summed E-state index contributed by atoms with van der Waals surface area (Å²) in [6, 6.07) is 5.67. The van der Waals surface area contributed by atoms with Gasteiger partial charge in [-0.05, 0) is 37.0 Å². The second kappa shape index (κ2) is 4.15. The Balaban J connectivity index is 2.72. The van der Waals surface area contributed by atoms with E-state index >= 15 is 0 Å². The van der Waals surface area contributed by atoms with E-state index in [1.54, 1.807) is 6.07 Å². The maximum atomic E-state index is 11.3. The second-order valence-electron chi connectivity index (χ2n) is 3.21. The zero-order chi connectivity index (χ0) is 8.97. The summed E-state index contributed by atoms with van der Waals surface area (Å²) < 4.78 is 0. The molecule has 0 spiro atoms. The van der Waals surface area contributed by atoms with Gasteiger partial charge < -0.3 is 0 Å². The predicted molar refractivity (Wildman–Crippen MR) is 49.9 cm³/mol. The molecule has 0 bridgehead atoms. The largest absolute Gasteiger partial charge is 0.290 e. The van der Waals surface area contributed by atoms with E-state index in [9.17, 15) is 5.11 Å². The Bertz CT molecular complexity index is 253. The molecule has 1 heteroatoms. The van der Waals surface area contributed by atoms with E-state index in [0.717, 1.165) is 30.4 Å². The Kier molecular flexibility index (Phi) is 3.15. The van der Waals surface area contributed by atoms with Crippen molar-refractivity contribution < 1.29 is 5.11 Å². The van der Waals surface area contributed by atoms with E-state index in [-0.39, 0.29) is 5.75 Å². The second-order valence-corrected chi connectivity index (χ2v) is 3.21. The van der Waals surface area contributed by atoms with Crippen LogP contribution in [0.25, 0.3) is 0 Å². The number of hydrogen-bond donors (Lipinski definition) is 0. The first-order valence-electron chi connectivity index (χ1n) is 4.50. The quantitative estimate of drug-likeness (QED) is 0.650. The number of hydrogen-bond acceptors (Lipinski definition) is 0. The molecule has 0 aliphatic rings. The summed E-state index contributed by atoms with van der Waals surface area (Å²) in [6.07, 6.45) is 3.18. The molecule has 0 N–H and O–H groups in total. The van der Waals surface area contributed by atoms with Gasteiger partial charge in [0.15, 0.2) is 5.75 Å². The minimum absolute atomic E-state index is 0.198. The highest BCUT2D eigenvalue weighted by molar-refractivity contribution is 5.35. The molecule has 0 aliphatic heterocycles. The molecule has 1 nitrogen and oxygen atoms in total. The fraction of sp³-hybridized carbons (Fsp3) is 0.455. The molecule has 0 fully saturated rings. The van der Waals surface area contributed by atoms with Crippen molar-refractivity contribution in [2.75, 3.05) is 0 Å². The highest BCUT2D eigenvalue weighted by Crippen LogP contribution is 2.20. The monoisotopic (exact) mass is 163 g/mol. The van der Waals surface area contributed by atoms with Gasteiger partial charge in [0.25, 0.3) is 0 Å². The summed E-state index contributed by atoms with van der Waals surface area (Å²) in [4.78, 5) is 0. The SMILES string of the molecule is CCCCc1ccc(C)cc1[O]. The third-order valence-corrected chi connectivity index (χ3v) is 2.02. The molecule has 0 aliphatic carbocycles. The summed E-state index contributed by atoms with van der Waals surface area (Å²) >= 11 is 0. The van der Waals surface area contributed by atoms with Gasteiger partial charge in [-0.1, -0.05) is 25.5 Å². The molecule has 0 unspecified atom stereocenters. The normalized spacial score (nSPS) is 10.2. The first kappa shape index (κ1) is 9.11. The number of benzene rings is 1. The van der Waals surface area contributed by atoms with Crippen molar-refractivity contribution in [1.82, 2.24) is 0 Å². The maximum absolute atomic E-state index is 11.3. The van der Waals surface area contributed by atoms with Gasteiger partial charge in [0.1, 0.15) is 0 Å². The molecule has 12 heavy (non-hydrogen) atoms. The highest BCUT2D eigenvalue weighted by atomic mass is 16.3. The van der Waals surface area contributed by atoms with Gasteiger partial charge >= 0.3 is 0 Å². The van der Waals surface area contributed by atoms with Gasteiger partial charge in [0, 0.05) is 0 Å². The number of unbranched alkanes of at least 4 members (excludes halogenated alkanes) is 1. The van der Waals surface area contributed by atoms with Crippen molar-refractivity contribution in [1.29, 1.82) is 0 Å². The molecular formula is C11H15O. The molecule has 0 saturated carbocycles. The maximum Gasteiger partial charge on any atom is 0.182 e. The summed E-state index contributed by atoms with van der Waals surface area (Å²) in [5, 5.41) is 11.3. The summed E-state index contributed by atoms with van der Waals surface area (Å²) in [6.45, 7) is 4.09. The van der Waals surface area contributed by atoms with Crippen LogP contribution < -0.4 is 0 Å². The van der Waals surface area contributed by atoms with Crippen molar-refractivity contribution in [3.05, 3.63) is 29.3 Å². The molecule has 65 valence electrons. The minimum Gasteiger partial charge on any atom is -0.290 e. The zero-order valence-corrected chi connectivity index (χ0v) is 7.76. The summed E-state index contributed by atoms with van der Waals surface area (Å²) in [5.74, 6) is 0.198. The lowest BCUT2D eigenvalue weighted by Gasteiger charge is -2.01. The molecule has 1 aromatic carbocycles. The van der Waals surface area contributed by atoms with E-state index < -0.39 is 0 Å². The predicted octanol–water partition coefficient (Wildman–Crippen LogP) is 3.48. The standard InChI is InChI=1S/C11H15O/c1-3-4-5-10-7-6-9(2)8-11(10)12/h6-8H,3-5H2,1-2H3. The Morgan fingerprint density at radius 2 is 2.08 bits per heavy atom. The van der Waals surface area contributed by atoms with Crippen LogP contribution in [-0.2, 0) is 11.5 Å². The van der Waals surface area contributed by atoms with E-state index in [2.05, 4.69) is 6.92 Å². The zero-order valence-electron chi connectivity index (χ0n) is 7.76. The Morgan fingerprint density at radius 1 is 1.33 bits per heavy atom. The van der Waals surface area contributed by atoms with Gasteiger partial charge in [0.05, 0.1) is 0 Å². The van der Waals surface area contributed by atoms with Gasteiger partial charge in [-0.2, -0.15) is 0 Å². The molecule has 0 heterocycles. The number of aryl methyl sites for hydroxylation is 2. The molecule has 0 saturated heterocycles. The molecule has 0 amide bonds. The topological polar surface area (TPSA) is 19.9 Å². The lowest BCUT2D eigenvalue weighted by molar-refractivity contribution is 0.349. The third kappa shape index (κ3) is 2.26. The van der Waals surface area contributed by atoms with Crippen LogP contribution in [0.2, 0.25) is 0 Å². The lowest BCUT2D eigenvalue weighted by Crippen LogP contribution is -1.85. The van der Waals surface area contributed by atoms with Crippen molar-refractivity contribution in [2.24, 2.45) is 0 Å². The molecule has 1 aromatic rings. The van der Waals surface area contributed by atoms with Crippen molar-refractivity contribution in [3.63, 3.8) is 0 Å². The van der Waals surface area contributed by atoms with Crippen LogP contribution in [0.5, 0.6) is 5.75 Å². The van der Waals surface area contributed by atoms with E-state index in [0.29, 0.717) is 0 Å². The van der Waals surface area contributed by atoms with Crippen LogP contribution in [-0.4, -0.2) is 0 Å². The van der Waals surface area contributed by atoms with E-state index in [1.807, 2.05) is 19.1 Å². The average molecular weight is 163 g/mol. The van der Waals surface area contributed by atoms with Crippen molar-refractivity contribution in [2.45, 2.75) is 33.1 Å². The van der Waals surface area contributed by atoms with Crippen molar-refractivity contribution >= 4 is 0 Å². The Labute approximate surface area is 74.1 Å². The van der Waals surface area contributed by atoms with Gasteiger partial charge in [-0.25, -0.2) is 0 Å². The first-order chi connectivity index (χ1) is 5.74. The van der Waals surface area contributed by atoms with Crippen LogP contribution in [0.1, 0.15) is 30.9 Å². The Morgan fingerprint density at radius 3 is 2.67 bits per heavy atom. The lowest BCUT2D eigenvalue weighted by atomic mass is 10.1. The minimum atomic E-state index is 0.198. The number of rotatable bonds is 3. The molecule has 0 aromatic heterocycles. The first-order valence-corrected chi connectivity index (χ1v) is 4.50. The van der Waals surface area contributed by atoms with Crippen molar-refractivity contribution in [3.8, 4) is 5.75 Å². The summed E-state index contributed by atoms with van der Waals surface area (Å²) in [5.41, 5.74) is 2.02. The van der Waals surface area contributed by atoms with Gasteiger partial charge in [-0.15, -0.1) is 0 Å². The third-order valence-electron chi connectivity index (χ3n) is 2.02. The molecule has 0 atom stereocenters. The average Bonchev–Trinajstić information content (AvgIpc) is 2.03. The summed E-state index contributed by atoms with van der Waals surface area (Å²) in [7, 11) is 0. The van der Waals surface area contributed by atoms with Crippen LogP contribution in [0.15, 0.2) is 18.2 Å². The van der Waals surface area contributed by atoms with Gasteiger partial charge in [0.2, 0.25) is 0 Å². The van der Waals surface area contributed by atoms with Gasteiger partial charge in [-0.3, -0.25) is 5.11 Å². The molecule has 1 radical (unpaired) electrons. The molecule has 1 rings (SSSR count). The smallest absolute Gasteiger partial charge is 0.182 e. The van der Waals surface area contributed by atoms with Crippen LogP contribution in [0.4, 0.5) is 0 Å². The molecular weight excluding hydrogens is 148 g/mol. The van der Waals surface area contributed by atoms with Crippen LogP contribution in [0.3, 0.4) is 0 Å². The Hall–Kier alpha value is -0.980. The van der Waals surface area contributed by atoms with Crippen LogP contribution >= 0.6 is 0 Å². The van der Waals surface area contributed by atoms with E-state index in [4.69, 9.17) is 0 Å².